The molecule has 0 amide bonds. The minimum atomic E-state index is -3.56. The SMILES string of the molecule is CS(=O)(=O)c1ccc(CS(=O)(=O)Nc2nccs2)cc1. The number of nitrogens with zero attached hydrogens (tertiary/aromatic N) is 1. The molecule has 1 heterocycles. The minimum Gasteiger partial charge on any atom is -0.258 e. The van der Waals surface area contributed by atoms with Gasteiger partial charge in [-0.15, -0.1) is 11.3 Å². The van der Waals surface area contributed by atoms with Crippen molar-refractivity contribution in [1.82, 2.24) is 4.98 Å². The zero-order valence-corrected chi connectivity index (χ0v) is 12.9. The van der Waals surface area contributed by atoms with E-state index in [-0.39, 0.29) is 10.6 Å². The molecule has 1 N–H and O–H groups in total. The van der Waals surface area contributed by atoms with E-state index >= 15 is 0 Å². The van der Waals surface area contributed by atoms with Crippen LogP contribution in [0.2, 0.25) is 0 Å². The third-order valence-electron chi connectivity index (χ3n) is 2.38. The molecule has 1 aromatic carbocycles. The number of thiazole rings is 1. The Bertz CT molecular complexity index is 779. The van der Waals surface area contributed by atoms with Gasteiger partial charge in [0.15, 0.2) is 15.0 Å². The summed E-state index contributed by atoms with van der Waals surface area (Å²) in [5, 5.41) is 1.97. The molecule has 0 radical (unpaired) electrons. The van der Waals surface area contributed by atoms with E-state index in [0.717, 1.165) is 6.26 Å². The van der Waals surface area contributed by atoms with E-state index in [0.29, 0.717) is 10.7 Å². The molecule has 108 valence electrons. The van der Waals surface area contributed by atoms with Gasteiger partial charge in [-0.1, -0.05) is 12.1 Å². The van der Waals surface area contributed by atoms with Crippen molar-refractivity contribution in [2.75, 3.05) is 11.0 Å². The lowest BCUT2D eigenvalue weighted by Crippen LogP contribution is -2.14. The molecular formula is C11H12N2O4S3. The van der Waals surface area contributed by atoms with Gasteiger partial charge in [-0.2, -0.15) is 0 Å². The van der Waals surface area contributed by atoms with Crippen LogP contribution in [0.25, 0.3) is 0 Å². The second-order valence-corrected chi connectivity index (χ2v) is 8.75. The maximum absolute atomic E-state index is 11.9. The van der Waals surface area contributed by atoms with Crippen molar-refractivity contribution >= 4 is 36.3 Å². The summed E-state index contributed by atoms with van der Waals surface area (Å²) in [6.07, 6.45) is 2.60. The Labute approximate surface area is 121 Å². The van der Waals surface area contributed by atoms with Crippen LogP contribution in [-0.4, -0.2) is 28.1 Å². The molecule has 2 rings (SSSR count). The summed E-state index contributed by atoms with van der Waals surface area (Å²) in [4.78, 5) is 4.00. The molecule has 0 atom stereocenters. The van der Waals surface area contributed by atoms with Crippen molar-refractivity contribution in [1.29, 1.82) is 0 Å². The number of rotatable bonds is 5. The Morgan fingerprint density at radius 1 is 1.15 bits per heavy atom. The van der Waals surface area contributed by atoms with Crippen molar-refractivity contribution in [3.05, 3.63) is 41.4 Å². The lowest BCUT2D eigenvalue weighted by molar-refractivity contribution is 0.600. The number of anilines is 1. The average Bonchev–Trinajstić information content (AvgIpc) is 2.79. The summed E-state index contributed by atoms with van der Waals surface area (Å²) in [5.74, 6) is -0.239. The van der Waals surface area contributed by atoms with Crippen molar-refractivity contribution in [2.24, 2.45) is 0 Å². The van der Waals surface area contributed by atoms with Crippen molar-refractivity contribution in [2.45, 2.75) is 10.6 Å². The first-order chi connectivity index (χ1) is 9.26. The van der Waals surface area contributed by atoms with Crippen LogP contribution >= 0.6 is 11.3 Å². The summed E-state index contributed by atoms with van der Waals surface area (Å²) in [7, 11) is -6.84. The zero-order chi connectivity index (χ0) is 14.8. The quantitative estimate of drug-likeness (QED) is 0.895. The predicted octanol–water partition coefficient (Wildman–Crippen LogP) is 1.49. The van der Waals surface area contributed by atoms with Crippen LogP contribution in [0, 0.1) is 0 Å². The highest BCUT2D eigenvalue weighted by Gasteiger charge is 2.14. The topological polar surface area (TPSA) is 93.2 Å². The Morgan fingerprint density at radius 2 is 1.80 bits per heavy atom. The molecule has 0 bridgehead atoms. The number of sulfonamides is 1. The van der Waals surface area contributed by atoms with Gasteiger partial charge in [-0.25, -0.2) is 21.8 Å². The van der Waals surface area contributed by atoms with Crippen molar-refractivity contribution < 1.29 is 16.8 Å². The first-order valence-electron chi connectivity index (χ1n) is 5.45. The molecule has 0 fully saturated rings. The molecule has 0 saturated heterocycles. The van der Waals surface area contributed by atoms with Crippen LogP contribution in [0.1, 0.15) is 5.56 Å². The number of hydrogen-bond acceptors (Lipinski definition) is 6. The second kappa shape index (κ2) is 5.51. The van der Waals surface area contributed by atoms with Crippen LogP contribution in [0.5, 0.6) is 0 Å². The first-order valence-corrected chi connectivity index (χ1v) is 9.88. The van der Waals surface area contributed by atoms with Gasteiger partial charge in [0.2, 0.25) is 10.0 Å². The van der Waals surface area contributed by atoms with E-state index in [9.17, 15) is 16.8 Å². The lowest BCUT2D eigenvalue weighted by atomic mass is 10.2. The fraction of sp³-hybridized carbons (Fsp3) is 0.182. The summed E-state index contributed by atoms with van der Waals surface area (Å²) < 4.78 is 48.7. The van der Waals surface area contributed by atoms with E-state index in [1.54, 1.807) is 5.38 Å². The van der Waals surface area contributed by atoms with Gasteiger partial charge >= 0.3 is 0 Å². The zero-order valence-electron chi connectivity index (χ0n) is 10.5. The van der Waals surface area contributed by atoms with Gasteiger partial charge in [0.1, 0.15) is 0 Å². The summed E-state index contributed by atoms with van der Waals surface area (Å²) in [6.45, 7) is 0. The lowest BCUT2D eigenvalue weighted by Gasteiger charge is -2.06. The first kappa shape index (κ1) is 14.9. The van der Waals surface area contributed by atoms with Gasteiger partial charge in [-0.05, 0) is 17.7 Å². The molecule has 1 aromatic heterocycles. The van der Waals surface area contributed by atoms with Crippen LogP contribution < -0.4 is 4.72 Å². The highest BCUT2D eigenvalue weighted by molar-refractivity contribution is 7.92. The van der Waals surface area contributed by atoms with E-state index < -0.39 is 19.9 Å². The molecule has 0 aliphatic rings. The van der Waals surface area contributed by atoms with E-state index in [1.807, 2.05) is 0 Å². The summed E-state index contributed by atoms with van der Waals surface area (Å²) >= 11 is 1.19. The maximum atomic E-state index is 11.9. The van der Waals surface area contributed by atoms with Gasteiger partial charge in [0.05, 0.1) is 10.6 Å². The molecular weight excluding hydrogens is 320 g/mol. The molecule has 0 unspecified atom stereocenters. The number of hydrogen-bond donors (Lipinski definition) is 1. The molecule has 6 nitrogen and oxygen atoms in total. The Kier molecular flexibility index (Phi) is 4.11. The Morgan fingerprint density at radius 3 is 2.30 bits per heavy atom. The largest absolute Gasteiger partial charge is 0.258 e. The normalized spacial score (nSPS) is 12.2. The average molecular weight is 332 g/mol. The second-order valence-electron chi connectivity index (χ2n) is 4.11. The van der Waals surface area contributed by atoms with E-state index in [4.69, 9.17) is 0 Å². The van der Waals surface area contributed by atoms with Gasteiger partial charge < -0.3 is 0 Å². The van der Waals surface area contributed by atoms with Crippen LogP contribution in [-0.2, 0) is 25.6 Å². The fourth-order valence-corrected chi connectivity index (χ4v) is 4.09. The molecule has 0 aliphatic carbocycles. The molecule has 20 heavy (non-hydrogen) atoms. The van der Waals surface area contributed by atoms with Crippen molar-refractivity contribution in [3.8, 4) is 0 Å². The summed E-state index contributed by atoms with van der Waals surface area (Å²) in [5.41, 5.74) is 0.501. The monoisotopic (exact) mass is 332 g/mol. The highest BCUT2D eigenvalue weighted by atomic mass is 32.2. The predicted molar refractivity (Wildman–Crippen MR) is 77.9 cm³/mol. The third kappa shape index (κ3) is 4.02. The van der Waals surface area contributed by atoms with Gasteiger partial charge in [0, 0.05) is 17.8 Å². The molecule has 2 aromatic rings. The smallest absolute Gasteiger partial charge is 0.238 e. The maximum Gasteiger partial charge on any atom is 0.238 e. The third-order valence-corrected chi connectivity index (χ3v) is 5.55. The molecule has 0 aliphatic heterocycles. The number of nitrogens with one attached hydrogen (secondary N) is 1. The number of sulfone groups is 1. The molecule has 9 heteroatoms. The number of benzene rings is 1. The Balaban J connectivity index is 2.14. The minimum absolute atomic E-state index is 0.159. The molecule has 0 saturated carbocycles. The van der Waals surface area contributed by atoms with E-state index in [2.05, 4.69) is 9.71 Å². The van der Waals surface area contributed by atoms with Gasteiger partial charge in [0.25, 0.3) is 0 Å². The van der Waals surface area contributed by atoms with E-state index in [1.165, 1.54) is 41.8 Å². The number of aromatic nitrogens is 1. The van der Waals surface area contributed by atoms with Crippen LogP contribution in [0.15, 0.2) is 40.7 Å². The Hall–Kier alpha value is -1.45. The van der Waals surface area contributed by atoms with Crippen LogP contribution in [0.4, 0.5) is 5.13 Å². The molecule has 0 spiro atoms. The summed E-state index contributed by atoms with van der Waals surface area (Å²) in [6, 6.07) is 5.75. The standard InChI is InChI=1S/C11H12N2O4S3/c1-19(14,15)10-4-2-9(3-5-10)8-20(16,17)13-11-12-6-7-18-11/h2-7H,8H2,1H3,(H,12,13). The van der Waals surface area contributed by atoms with Crippen LogP contribution in [0.3, 0.4) is 0 Å². The van der Waals surface area contributed by atoms with Gasteiger partial charge in [-0.3, -0.25) is 4.72 Å². The fourth-order valence-electron chi connectivity index (χ4n) is 1.50. The highest BCUT2D eigenvalue weighted by Crippen LogP contribution is 2.16. The van der Waals surface area contributed by atoms with Crippen molar-refractivity contribution in [3.63, 3.8) is 0 Å².